The lowest BCUT2D eigenvalue weighted by Gasteiger charge is -2.26. The third-order valence-electron chi connectivity index (χ3n) is 3.88. The summed E-state index contributed by atoms with van der Waals surface area (Å²) < 4.78 is 0. The van der Waals surface area contributed by atoms with Crippen molar-refractivity contribution in [2.24, 2.45) is 5.41 Å². The summed E-state index contributed by atoms with van der Waals surface area (Å²) in [6.45, 7) is 5.78. The Balaban J connectivity index is 2.63. The molecule has 1 rings (SSSR count). The molecule has 0 saturated carbocycles. The number of aliphatic carboxylic acids is 1. The predicted octanol–water partition coefficient (Wildman–Crippen LogP) is 3.02. The molecule has 0 radical (unpaired) electrons. The molecule has 0 aliphatic rings. The Morgan fingerprint density at radius 1 is 1.29 bits per heavy atom. The molecular formula is C17H23NO3. The van der Waals surface area contributed by atoms with Gasteiger partial charge in [0.2, 0.25) is 5.91 Å². The molecule has 2 N–H and O–H groups in total. The van der Waals surface area contributed by atoms with E-state index in [9.17, 15) is 14.7 Å². The number of aryl methyl sites for hydroxylation is 1. The molecule has 4 heteroatoms. The monoisotopic (exact) mass is 289 g/mol. The fourth-order valence-electron chi connectivity index (χ4n) is 2.14. The third-order valence-corrected chi connectivity index (χ3v) is 3.88. The van der Waals surface area contributed by atoms with Gasteiger partial charge in [-0.3, -0.25) is 9.59 Å². The van der Waals surface area contributed by atoms with Gasteiger partial charge in [-0.05, 0) is 31.4 Å². The van der Waals surface area contributed by atoms with Crippen LogP contribution in [0.25, 0.3) is 6.08 Å². The lowest BCUT2D eigenvalue weighted by Crippen LogP contribution is -2.41. The van der Waals surface area contributed by atoms with Crippen molar-refractivity contribution in [1.82, 2.24) is 5.32 Å². The number of nitrogens with one attached hydrogen (secondary N) is 1. The fourth-order valence-corrected chi connectivity index (χ4v) is 2.14. The summed E-state index contributed by atoms with van der Waals surface area (Å²) in [4.78, 5) is 23.2. The van der Waals surface area contributed by atoms with E-state index in [0.717, 1.165) is 11.1 Å². The molecule has 4 nitrogen and oxygen atoms in total. The van der Waals surface area contributed by atoms with Crippen LogP contribution in [0.3, 0.4) is 0 Å². The minimum absolute atomic E-state index is 0.145. The number of rotatable bonds is 7. The van der Waals surface area contributed by atoms with Crippen LogP contribution in [0.1, 0.15) is 37.8 Å². The highest BCUT2D eigenvalue weighted by atomic mass is 16.4. The van der Waals surface area contributed by atoms with E-state index in [1.54, 1.807) is 6.08 Å². The minimum Gasteiger partial charge on any atom is -0.481 e. The summed E-state index contributed by atoms with van der Waals surface area (Å²) in [6, 6.07) is 7.80. The van der Waals surface area contributed by atoms with Crippen LogP contribution >= 0.6 is 0 Å². The largest absolute Gasteiger partial charge is 0.481 e. The van der Waals surface area contributed by atoms with Gasteiger partial charge in [0.05, 0.1) is 5.41 Å². The van der Waals surface area contributed by atoms with E-state index in [0.29, 0.717) is 12.8 Å². The first-order chi connectivity index (χ1) is 9.93. The van der Waals surface area contributed by atoms with E-state index < -0.39 is 11.4 Å². The van der Waals surface area contributed by atoms with Crippen LogP contribution in [-0.2, 0) is 9.59 Å². The maximum atomic E-state index is 11.8. The number of benzene rings is 1. The predicted molar refractivity (Wildman–Crippen MR) is 83.9 cm³/mol. The van der Waals surface area contributed by atoms with Crippen molar-refractivity contribution in [3.05, 3.63) is 41.5 Å². The molecule has 1 aromatic carbocycles. The van der Waals surface area contributed by atoms with Gasteiger partial charge in [-0.25, -0.2) is 0 Å². The maximum Gasteiger partial charge on any atom is 0.311 e. The topological polar surface area (TPSA) is 66.4 Å². The first-order valence-corrected chi connectivity index (χ1v) is 7.19. The average molecular weight is 289 g/mol. The van der Waals surface area contributed by atoms with Gasteiger partial charge >= 0.3 is 5.97 Å². The van der Waals surface area contributed by atoms with Crippen LogP contribution in [0.2, 0.25) is 0 Å². The third kappa shape index (κ3) is 4.74. The van der Waals surface area contributed by atoms with E-state index >= 15 is 0 Å². The summed E-state index contributed by atoms with van der Waals surface area (Å²) in [5.41, 5.74) is 1.19. The molecule has 0 bridgehead atoms. The second kappa shape index (κ2) is 7.62. The van der Waals surface area contributed by atoms with Gasteiger partial charge in [0.1, 0.15) is 0 Å². The zero-order chi connectivity index (χ0) is 15.9. The van der Waals surface area contributed by atoms with Crippen molar-refractivity contribution in [2.45, 2.75) is 33.6 Å². The number of carbonyl (C=O) groups is 2. The normalized spacial score (nSPS) is 11.6. The molecule has 1 aromatic rings. The molecular weight excluding hydrogens is 266 g/mol. The quantitative estimate of drug-likeness (QED) is 0.758. The number of carbonyl (C=O) groups excluding carboxylic acids is 1. The highest BCUT2D eigenvalue weighted by Crippen LogP contribution is 2.25. The van der Waals surface area contributed by atoms with Crippen LogP contribution in [0.4, 0.5) is 0 Å². The number of carboxylic acids is 1. The Kier molecular flexibility index (Phi) is 6.15. The summed E-state index contributed by atoms with van der Waals surface area (Å²) in [5.74, 6) is -1.14. The summed E-state index contributed by atoms with van der Waals surface area (Å²) in [5, 5.41) is 12.0. The Morgan fingerprint density at radius 2 is 1.95 bits per heavy atom. The molecule has 0 aliphatic carbocycles. The maximum absolute atomic E-state index is 11.8. The van der Waals surface area contributed by atoms with Crippen LogP contribution in [0.5, 0.6) is 0 Å². The molecule has 0 fully saturated rings. The molecule has 0 heterocycles. The fraction of sp³-hybridized carbons (Fsp3) is 0.412. The second-order valence-corrected chi connectivity index (χ2v) is 5.26. The SMILES string of the molecule is CCC(CC)(CNC(=O)/C=C/c1cccc(C)c1)C(=O)O. The van der Waals surface area contributed by atoms with Crippen molar-refractivity contribution in [3.8, 4) is 0 Å². The number of carboxylic acid groups (broad SMARTS) is 1. The number of hydrogen-bond donors (Lipinski definition) is 2. The van der Waals surface area contributed by atoms with Gasteiger partial charge in [-0.1, -0.05) is 43.7 Å². The van der Waals surface area contributed by atoms with Gasteiger partial charge in [-0.2, -0.15) is 0 Å². The number of hydrogen-bond acceptors (Lipinski definition) is 2. The van der Waals surface area contributed by atoms with Crippen molar-refractivity contribution >= 4 is 18.0 Å². The van der Waals surface area contributed by atoms with Crippen molar-refractivity contribution in [1.29, 1.82) is 0 Å². The lowest BCUT2D eigenvalue weighted by molar-refractivity contribution is -0.149. The Labute approximate surface area is 125 Å². The molecule has 0 saturated heterocycles. The Hall–Kier alpha value is -2.10. The molecule has 0 spiro atoms. The summed E-state index contributed by atoms with van der Waals surface area (Å²) >= 11 is 0. The number of amides is 1. The van der Waals surface area contributed by atoms with Gasteiger partial charge in [0.15, 0.2) is 0 Å². The molecule has 114 valence electrons. The zero-order valence-electron chi connectivity index (χ0n) is 12.8. The Bertz CT molecular complexity index is 531. The van der Waals surface area contributed by atoms with E-state index in [1.807, 2.05) is 45.0 Å². The smallest absolute Gasteiger partial charge is 0.311 e. The Morgan fingerprint density at radius 3 is 2.48 bits per heavy atom. The summed E-state index contributed by atoms with van der Waals surface area (Å²) in [7, 11) is 0. The van der Waals surface area contributed by atoms with E-state index in [4.69, 9.17) is 0 Å². The average Bonchev–Trinajstić information content (AvgIpc) is 2.46. The van der Waals surface area contributed by atoms with Crippen LogP contribution in [-0.4, -0.2) is 23.5 Å². The second-order valence-electron chi connectivity index (χ2n) is 5.26. The minimum atomic E-state index is -0.882. The van der Waals surface area contributed by atoms with Crippen LogP contribution in [0, 0.1) is 12.3 Å². The van der Waals surface area contributed by atoms with E-state index in [1.165, 1.54) is 6.08 Å². The molecule has 21 heavy (non-hydrogen) atoms. The van der Waals surface area contributed by atoms with Gasteiger partial charge < -0.3 is 10.4 Å². The molecule has 0 atom stereocenters. The highest BCUT2D eigenvalue weighted by molar-refractivity contribution is 5.92. The van der Waals surface area contributed by atoms with Crippen molar-refractivity contribution in [2.75, 3.05) is 6.54 Å². The van der Waals surface area contributed by atoms with Crippen LogP contribution < -0.4 is 5.32 Å². The first kappa shape index (κ1) is 17.0. The molecule has 0 unspecified atom stereocenters. The molecule has 0 aromatic heterocycles. The highest BCUT2D eigenvalue weighted by Gasteiger charge is 2.34. The zero-order valence-corrected chi connectivity index (χ0v) is 12.8. The van der Waals surface area contributed by atoms with Gasteiger partial charge in [-0.15, -0.1) is 0 Å². The first-order valence-electron chi connectivity index (χ1n) is 7.19. The van der Waals surface area contributed by atoms with Crippen molar-refractivity contribution < 1.29 is 14.7 Å². The van der Waals surface area contributed by atoms with E-state index in [-0.39, 0.29) is 12.5 Å². The van der Waals surface area contributed by atoms with Crippen molar-refractivity contribution in [3.63, 3.8) is 0 Å². The van der Waals surface area contributed by atoms with Crippen LogP contribution in [0.15, 0.2) is 30.3 Å². The van der Waals surface area contributed by atoms with Gasteiger partial charge in [0, 0.05) is 12.6 Å². The van der Waals surface area contributed by atoms with E-state index in [2.05, 4.69) is 5.32 Å². The standard InChI is InChI=1S/C17H23NO3/c1-4-17(5-2,16(20)21)12-18-15(19)10-9-14-8-6-7-13(3)11-14/h6-11H,4-5,12H2,1-3H3,(H,18,19)(H,20,21)/b10-9+. The molecule has 1 amide bonds. The molecule has 0 aliphatic heterocycles. The summed E-state index contributed by atoms with van der Waals surface area (Å²) in [6.07, 6.45) is 4.14. The van der Waals surface area contributed by atoms with Gasteiger partial charge in [0.25, 0.3) is 0 Å². The lowest BCUT2D eigenvalue weighted by atomic mass is 9.82.